The van der Waals surface area contributed by atoms with Crippen molar-refractivity contribution in [2.75, 3.05) is 4.90 Å². The molecular formula is C39H39BN2. The number of benzene rings is 4. The van der Waals surface area contributed by atoms with Crippen LogP contribution in [0.25, 0.3) is 27.8 Å². The summed E-state index contributed by atoms with van der Waals surface area (Å²) in [7, 11) is 0. The molecule has 0 N–H and O–H groups in total. The van der Waals surface area contributed by atoms with Crippen molar-refractivity contribution < 1.29 is 0 Å². The first-order valence-corrected chi connectivity index (χ1v) is 16.0. The standard InChI is InChI=1S/C39H39BN2/c1-24-27-16-12-17-29-35(27)41(34(24)25-14-8-7-9-15-25)31-18-13-19-32-33(31)40(29)30-23-26(37(2,3)4)22-28-36(30)42(32)39(6)21-11-10-20-38(28,39)5/h7-9,12-19,22-23H,10-11,20-21H2,1-6H3. The summed E-state index contributed by atoms with van der Waals surface area (Å²) in [5, 5.41) is 1.38. The molecule has 0 spiro atoms. The van der Waals surface area contributed by atoms with Crippen LogP contribution in [0, 0.1) is 6.92 Å². The second-order valence-electron chi connectivity index (χ2n) is 14.9. The molecule has 2 nitrogen and oxygen atoms in total. The van der Waals surface area contributed by atoms with E-state index in [1.54, 1.807) is 5.56 Å². The molecular weight excluding hydrogens is 507 g/mol. The molecule has 1 fully saturated rings. The number of hydrogen-bond acceptors (Lipinski definition) is 1. The normalized spacial score (nSPS) is 23.2. The average molecular weight is 547 g/mol. The number of aryl methyl sites for hydroxylation is 1. The first-order valence-electron chi connectivity index (χ1n) is 16.0. The predicted octanol–water partition coefficient (Wildman–Crippen LogP) is 7.79. The van der Waals surface area contributed by atoms with E-state index in [9.17, 15) is 0 Å². The zero-order chi connectivity index (χ0) is 28.8. The van der Waals surface area contributed by atoms with Gasteiger partial charge in [-0.3, -0.25) is 0 Å². The van der Waals surface area contributed by atoms with Crippen LogP contribution in [0.2, 0.25) is 0 Å². The van der Waals surface area contributed by atoms with Crippen LogP contribution in [0.1, 0.15) is 77.0 Å². The highest BCUT2D eigenvalue weighted by Gasteiger charge is 2.61. The molecule has 4 aliphatic rings. The molecule has 2 atom stereocenters. The Morgan fingerprint density at radius 1 is 0.786 bits per heavy atom. The highest BCUT2D eigenvalue weighted by Crippen LogP contribution is 2.61. The third kappa shape index (κ3) is 2.75. The molecule has 1 aliphatic carbocycles. The number of fused-ring (bicyclic) bond motifs is 7. The summed E-state index contributed by atoms with van der Waals surface area (Å²) in [6, 6.07) is 30.5. The first kappa shape index (κ1) is 24.8. The van der Waals surface area contributed by atoms with Crippen LogP contribution >= 0.6 is 0 Å². The maximum absolute atomic E-state index is 2.84. The summed E-state index contributed by atoms with van der Waals surface area (Å²) in [5.74, 6) is 0. The first-order chi connectivity index (χ1) is 20.1. The van der Waals surface area contributed by atoms with Crippen molar-refractivity contribution >= 4 is 45.4 Å². The van der Waals surface area contributed by atoms with Gasteiger partial charge in [0.25, 0.3) is 6.71 Å². The zero-order valence-corrected chi connectivity index (χ0v) is 25.8. The summed E-state index contributed by atoms with van der Waals surface area (Å²) >= 11 is 0. The van der Waals surface area contributed by atoms with Gasteiger partial charge in [0.1, 0.15) is 0 Å². The lowest BCUT2D eigenvalue weighted by atomic mass is 9.33. The van der Waals surface area contributed by atoms with Gasteiger partial charge in [0, 0.05) is 33.4 Å². The number of para-hydroxylation sites is 1. The lowest BCUT2D eigenvalue weighted by Gasteiger charge is -2.52. The summed E-state index contributed by atoms with van der Waals surface area (Å²) in [6.07, 6.45) is 5.10. The number of hydrogen-bond donors (Lipinski definition) is 0. The van der Waals surface area contributed by atoms with Crippen LogP contribution in [0.3, 0.4) is 0 Å². The van der Waals surface area contributed by atoms with Crippen LogP contribution in [-0.2, 0) is 10.8 Å². The Balaban J connectivity index is 1.46. The minimum absolute atomic E-state index is 0.0556. The molecule has 9 rings (SSSR count). The summed E-state index contributed by atoms with van der Waals surface area (Å²) < 4.78 is 2.61. The summed E-state index contributed by atoms with van der Waals surface area (Å²) in [6.45, 7) is 14.9. The predicted molar refractivity (Wildman–Crippen MR) is 180 cm³/mol. The molecule has 5 aromatic rings. The minimum atomic E-state index is 0.0556. The molecule has 42 heavy (non-hydrogen) atoms. The number of nitrogens with zero attached hydrogens (tertiary/aromatic N) is 2. The smallest absolute Gasteiger partial charge is 0.252 e. The van der Waals surface area contributed by atoms with Crippen molar-refractivity contribution in [2.24, 2.45) is 0 Å². The van der Waals surface area contributed by atoms with E-state index in [2.05, 4.69) is 130 Å². The number of rotatable bonds is 1. The van der Waals surface area contributed by atoms with Gasteiger partial charge in [-0.1, -0.05) is 107 Å². The summed E-state index contributed by atoms with van der Waals surface area (Å²) in [5.41, 5.74) is 17.5. The van der Waals surface area contributed by atoms with Crippen LogP contribution in [-0.4, -0.2) is 16.8 Å². The molecule has 1 aromatic heterocycles. The van der Waals surface area contributed by atoms with Crippen LogP contribution in [0.4, 0.5) is 11.4 Å². The van der Waals surface area contributed by atoms with Gasteiger partial charge in [0.15, 0.2) is 0 Å². The van der Waals surface area contributed by atoms with Gasteiger partial charge in [0.2, 0.25) is 0 Å². The van der Waals surface area contributed by atoms with Crippen LogP contribution in [0.5, 0.6) is 0 Å². The molecule has 4 aromatic carbocycles. The van der Waals surface area contributed by atoms with Gasteiger partial charge in [-0.2, -0.15) is 0 Å². The monoisotopic (exact) mass is 546 g/mol. The Kier molecular flexibility index (Phi) is 4.62. The van der Waals surface area contributed by atoms with E-state index >= 15 is 0 Å². The maximum atomic E-state index is 2.84. The van der Waals surface area contributed by atoms with Gasteiger partial charge in [-0.05, 0) is 82.9 Å². The maximum Gasteiger partial charge on any atom is 0.252 e. The third-order valence-corrected chi connectivity index (χ3v) is 11.9. The van der Waals surface area contributed by atoms with E-state index in [1.165, 1.54) is 92.4 Å². The quantitative estimate of drug-likeness (QED) is 0.191. The lowest BCUT2D eigenvalue weighted by molar-refractivity contribution is 0.195. The van der Waals surface area contributed by atoms with Gasteiger partial charge < -0.3 is 9.47 Å². The Labute approximate surface area is 250 Å². The highest BCUT2D eigenvalue weighted by molar-refractivity contribution is 7.00. The molecule has 208 valence electrons. The number of anilines is 2. The van der Waals surface area contributed by atoms with Crippen molar-refractivity contribution in [1.29, 1.82) is 0 Å². The Morgan fingerprint density at radius 2 is 1.52 bits per heavy atom. The molecule has 0 bridgehead atoms. The Bertz CT molecular complexity index is 1980. The Morgan fingerprint density at radius 3 is 2.31 bits per heavy atom. The SMILES string of the molecule is Cc1c(-c2ccccc2)n2c3c(cccc13)B1c3cc(C(C)(C)C)cc4c3N(c3cccc-2c31)C1(C)CCCCC41C. The van der Waals surface area contributed by atoms with E-state index < -0.39 is 0 Å². The molecule has 3 heteroatoms. The molecule has 3 aliphatic heterocycles. The van der Waals surface area contributed by atoms with Gasteiger partial charge in [-0.25, -0.2) is 0 Å². The summed E-state index contributed by atoms with van der Waals surface area (Å²) in [4.78, 5) is 2.84. The average Bonchev–Trinajstić information content (AvgIpc) is 3.40. The van der Waals surface area contributed by atoms with Crippen LogP contribution < -0.4 is 21.3 Å². The van der Waals surface area contributed by atoms with Gasteiger partial charge >= 0.3 is 0 Å². The van der Waals surface area contributed by atoms with Crippen molar-refractivity contribution in [3.05, 3.63) is 95.6 Å². The molecule has 2 unspecified atom stereocenters. The Hall–Kier alpha value is -3.72. The fourth-order valence-electron chi connectivity index (χ4n) is 9.53. The van der Waals surface area contributed by atoms with Crippen molar-refractivity contribution in [3.8, 4) is 16.9 Å². The van der Waals surface area contributed by atoms with Crippen molar-refractivity contribution in [1.82, 2.24) is 4.57 Å². The second kappa shape index (κ2) is 7.81. The van der Waals surface area contributed by atoms with Crippen molar-refractivity contribution in [3.63, 3.8) is 0 Å². The van der Waals surface area contributed by atoms with E-state index in [4.69, 9.17) is 0 Å². The molecule has 0 amide bonds. The van der Waals surface area contributed by atoms with Crippen LogP contribution in [0.15, 0.2) is 78.9 Å². The fourth-order valence-corrected chi connectivity index (χ4v) is 9.53. The minimum Gasteiger partial charge on any atom is -0.335 e. The van der Waals surface area contributed by atoms with E-state index in [1.807, 2.05) is 0 Å². The van der Waals surface area contributed by atoms with E-state index in [-0.39, 0.29) is 23.1 Å². The lowest BCUT2D eigenvalue weighted by Crippen LogP contribution is -2.64. The van der Waals surface area contributed by atoms with Gasteiger partial charge in [0.05, 0.1) is 11.2 Å². The fraction of sp³-hybridized carbons (Fsp3) is 0.333. The van der Waals surface area contributed by atoms with Crippen molar-refractivity contribution in [2.45, 2.75) is 83.6 Å². The highest BCUT2D eigenvalue weighted by atomic mass is 15.3. The van der Waals surface area contributed by atoms with Gasteiger partial charge in [-0.15, -0.1) is 0 Å². The second-order valence-corrected chi connectivity index (χ2v) is 14.9. The molecule has 0 radical (unpaired) electrons. The molecule has 1 saturated carbocycles. The zero-order valence-electron chi connectivity index (χ0n) is 25.8. The largest absolute Gasteiger partial charge is 0.335 e. The molecule has 0 saturated heterocycles. The van der Waals surface area contributed by atoms with E-state index in [0.29, 0.717) is 0 Å². The topological polar surface area (TPSA) is 8.17 Å². The third-order valence-electron chi connectivity index (χ3n) is 11.9. The number of aromatic nitrogens is 1. The molecule has 4 heterocycles. The van der Waals surface area contributed by atoms with E-state index in [0.717, 1.165) is 0 Å².